The highest BCUT2D eigenvalue weighted by Crippen LogP contribution is 2.63. The van der Waals surface area contributed by atoms with Gasteiger partial charge in [0.05, 0.1) is 11.4 Å². The van der Waals surface area contributed by atoms with Crippen molar-refractivity contribution in [1.29, 1.82) is 0 Å². The number of hydrogen-bond acceptors (Lipinski definition) is 4. The predicted octanol–water partition coefficient (Wildman–Crippen LogP) is 1.85. The molecule has 0 saturated heterocycles. The molecule has 1 fully saturated rings. The zero-order valence-corrected chi connectivity index (χ0v) is 12.0. The molecule has 0 bridgehead atoms. The van der Waals surface area contributed by atoms with Crippen LogP contribution in [0.15, 0.2) is 12.1 Å². The molecule has 2 unspecified atom stereocenters. The van der Waals surface area contributed by atoms with Gasteiger partial charge < -0.3 is 15.0 Å². The Hall–Kier alpha value is -2.11. The molecule has 1 saturated carbocycles. The van der Waals surface area contributed by atoms with E-state index in [-0.39, 0.29) is 17.3 Å². The largest absolute Gasteiger partial charge is 0.481 e. The van der Waals surface area contributed by atoms with Crippen molar-refractivity contribution in [2.24, 2.45) is 11.3 Å². The number of nitrogens with zero attached hydrogens (tertiary/aromatic N) is 3. The molecule has 6 heteroatoms. The van der Waals surface area contributed by atoms with Crippen molar-refractivity contribution in [3.63, 3.8) is 0 Å². The molecule has 0 aliphatic heterocycles. The molecule has 2 aromatic heterocycles. The number of carbonyl (C=O) groups is 1. The van der Waals surface area contributed by atoms with E-state index in [1.54, 1.807) is 0 Å². The van der Waals surface area contributed by atoms with Crippen LogP contribution in [0.1, 0.15) is 25.6 Å². The van der Waals surface area contributed by atoms with Gasteiger partial charge in [0.25, 0.3) is 0 Å². The molecule has 0 aromatic carbocycles. The molecule has 0 amide bonds. The van der Waals surface area contributed by atoms with E-state index >= 15 is 0 Å². The first-order valence-corrected chi connectivity index (χ1v) is 6.59. The Morgan fingerprint density at radius 3 is 2.60 bits per heavy atom. The number of rotatable bonds is 3. The number of aromatic nitrogens is 3. The highest BCUT2D eigenvalue weighted by atomic mass is 16.4. The number of aromatic amines is 1. The number of aliphatic carboxylic acids is 1. The minimum Gasteiger partial charge on any atom is -0.481 e. The van der Waals surface area contributed by atoms with Gasteiger partial charge in [0.15, 0.2) is 5.65 Å². The first-order valence-electron chi connectivity index (χ1n) is 6.59. The maximum absolute atomic E-state index is 11.3. The highest BCUT2D eigenvalue weighted by Gasteiger charge is 2.64. The second-order valence-electron chi connectivity index (χ2n) is 6.17. The summed E-state index contributed by atoms with van der Waals surface area (Å²) in [6.07, 6.45) is 0. The number of nitrogens with one attached hydrogen (secondary N) is 1. The Labute approximate surface area is 116 Å². The Morgan fingerprint density at radius 1 is 1.35 bits per heavy atom. The zero-order chi connectivity index (χ0) is 14.7. The van der Waals surface area contributed by atoms with Crippen molar-refractivity contribution >= 4 is 23.0 Å². The normalized spacial score (nSPS) is 23.8. The molecule has 0 spiro atoms. The van der Waals surface area contributed by atoms with Crippen molar-refractivity contribution in [1.82, 2.24) is 15.0 Å². The molecule has 2 heterocycles. The van der Waals surface area contributed by atoms with Crippen molar-refractivity contribution in [2.45, 2.75) is 19.8 Å². The Bertz CT molecular complexity index is 690. The highest BCUT2D eigenvalue weighted by molar-refractivity contribution is 5.78. The third kappa shape index (κ3) is 1.75. The van der Waals surface area contributed by atoms with Crippen molar-refractivity contribution in [3.05, 3.63) is 18.0 Å². The summed E-state index contributed by atoms with van der Waals surface area (Å²) in [4.78, 5) is 25.3. The topological polar surface area (TPSA) is 82.1 Å². The minimum atomic E-state index is -0.762. The van der Waals surface area contributed by atoms with Crippen LogP contribution in [0.2, 0.25) is 0 Å². The molecule has 6 nitrogen and oxygen atoms in total. The van der Waals surface area contributed by atoms with Crippen LogP contribution in [0.4, 0.5) is 5.82 Å². The lowest BCUT2D eigenvalue weighted by Crippen LogP contribution is -2.10. The molecule has 106 valence electrons. The van der Waals surface area contributed by atoms with Crippen molar-refractivity contribution < 1.29 is 9.90 Å². The fourth-order valence-corrected chi connectivity index (χ4v) is 2.91. The van der Waals surface area contributed by atoms with Crippen LogP contribution in [0.3, 0.4) is 0 Å². The van der Waals surface area contributed by atoms with Crippen LogP contribution in [-0.2, 0) is 4.79 Å². The fourth-order valence-electron chi connectivity index (χ4n) is 2.91. The number of anilines is 1. The molecular weight excluding hydrogens is 256 g/mol. The van der Waals surface area contributed by atoms with E-state index in [2.05, 4.69) is 15.0 Å². The van der Waals surface area contributed by atoms with Crippen LogP contribution in [0.5, 0.6) is 0 Å². The monoisotopic (exact) mass is 274 g/mol. The average molecular weight is 274 g/mol. The zero-order valence-electron chi connectivity index (χ0n) is 12.0. The van der Waals surface area contributed by atoms with Gasteiger partial charge >= 0.3 is 5.97 Å². The van der Waals surface area contributed by atoms with Gasteiger partial charge in [-0.3, -0.25) is 4.79 Å². The van der Waals surface area contributed by atoms with Gasteiger partial charge in [-0.15, -0.1) is 0 Å². The number of hydrogen-bond donors (Lipinski definition) is 2. The number of H-pyrrole nitrogens is 1. The maximum Gasteiger partial charge on any atom is 0.307 e. The molecular formula is C14H18N4O2. The lowest BCUT2D eigenvalue weighted by molar-refractivity contribution is -0.139. The van der Waals surface area contributed by atoms with Crippen LogP contribution in [0, 0.1) is 11.3 Å². The maximum atomic E-state index is 11.3. The summed E-state index contributed by atoms with van der Waals surface area (Å²) >= 11 is 0. The Balaban J connectivity index is 2.00. The standard InChI is InChI=1S/C14H18N4O2/c1-14(2)9(10(14)13(19)20)12-15-7-5-6-8(18(3)4)16-11(7)17-12/h5-6,9-10H,1-4H3,(H,19,20)(H,15,16,17). The van der Waals surface area contributed by atoms with E-state index in [0.29, 0.717) is 5.65 Å². The van der Waals surface area contributed by atoms with E-state index in [1.807, 2.05) is 45.0 Å². The molecule has 2 aromatic rings. The summed E-state index contributed by atoms with van der Waals surface area (Å²) < 4.78 is 0. The summed E-state index contributed by atoms with van der Waals surface area (Å²) in [5.41, 5.74) is 1.22. The van der Waals surface area contributed by atoms with E-state index in [9.17, 15) is 9.90 Å². The average Bonchev–Trinajstić information content (AvgIpc) is 2.75. The third-order valence-electron chi connectivity index (χ3n) is 4.20. The van der Waals surface area contributed by atoms with Gasteiger partial charge in [0.1, 0.15) is 11.6 Å². The molecule has 3 rings (SSSR count). The van der Waals surface area contributed by atoms with Gasteiger partial charge in [0, 0.05) is 20.0 Å². The van der Waals surface area contributed by atoms with Crippen LogP contribution >= 0.6 is 0 Å². The molecule has 1 aliphatic carbocycles. The molecule has 1 aliphatic rings. The van der Waals surface area contributed by atoms with Gasteiger partial charge in [-0.25, -0.2) is 9.97 Å². The number of carboxylic acid groups (broad SMARTS) is 1. The summed E-state index contributed by atoms with van der Waals surface area (Å²) in [6.45, 7) is 3.92. The lowest BCUT2D eigenvalue weighted by atomic mass is 10.1. The van der Waals surface area contributed by atoms with E-state index in [1.165, 1.54) is 0 Å². The van der Waals surface area contributed by atoms with Gasteiger partial charge in [-0.05, 0) is 17.5 Å². The quantitative estimate of drug-likeness (QED) is 0.892. The smallest absolute Gasteiger partial charge is 0.307 e. The second kappa shape index (κ2) is 3.94. The number of pyridine rings is 1. The molecule has 20 heavy (non-hydrogen) atoms. The van der Waals surface area contributed by atoms with E-state index in [0.717, 1.165) is 17.2 Å². The first kappa shape index (κ1) is 12.9. The minimum absolute atomic E-state index is 0.0722. The molecule has 2 N–H and O–H groups in total. The summed E-state index contributed by atoms with van der Waals surface area (Å²) in [6, 6.07) is 3.84. The first-order chi connectivity index (χ1) is 9.32. The third-order valence-corrected chi connectivity index (χ3v) is 4.20. The molecule has 2 atom stereocenters. The Morgan fingerprint density at radius 2 is 2.05 bits per heavy atom. The van der Waals surface area contributed by atoms with Crippen LogP contribution < -0.4 is 4.90 Å². The molecule has 0 radical (unpaired) electrons. The lowest BCUT2D eigenvalue weighted by Gasteiger charge is -2.09. The summed E-state index contributed by atoms with van der Waals surface area (Å²) in [5, 5.41) is 9.25. The summed E-state index contributed by atoms with van der Waals surface area (Å²) in [7, 11) is 3.85. The van der Waals surface area contributed by atoms with Gasteiger partial charge in [-0.1, -0.05) is 13.8 Å². The van der Waals surface area contributed by atoms with Crippen LogP contribution in [0.25, 0.3) is 11.2 Å². The summed E-state index contributed by atoms with van der Waals surface area (Å²) in [5.74, 6) is 0.344. The number of fused-ring (bicyclic) bond motifs is 1. The van der Waals surface area contributed by atoms with Gasteiger partial charge in [0.2, 0.25) is 0 Å². The SMILES string of the molecule is CN(C)c1ccc2[nH]c(C3C(C(=O)O)C3(C)C)nc2n1. The van der Waals surface area contributed by atoms with E-state index in [4.69, 9.17) is 0 Å². The number of imidazole rings is 1. The van der Waals surface area contributed by atoms with Crippen molar-refractivity contribution in [3.8, 4) is 0 Å². The number of carboxylic acids is 1. The fraction of sp³-hybridized carbons (Fsp3) is 0.500. The van der Waals surface area contributed by atoms with Crippen molar-refractivity contribution in [2.75, 3.05) is 19.0 Å². The predicted molar refractivity (Wildman–Crippen MR) is 75.9 cm³/mol. The van der Waals surface area contributed by atoms with E-state index < -0.39 is 5.97 Å². The Kier molecular flexibility index (Phi) is 2.54. The van der Waals surface area contributed by atoms with Gasteiger partial charge in [-0.2, -0.15) is 0 Å². The second-order valence-corrected chi connectivity index (χ2v) is 6.17. The van der Waals surface area contributed by atoms with Crippen LogP contribution in [-0.4, -0.2) is 40.1 Å².